The van der Waals surface area contributed by atoms with Crippen LogP contribution in [0.5, 0.6) is 5.75 Å². The molecule has 0 saturated carbocycles. The van der Waals surface area contributed by atoms with E-state index in [1.165, 1.54) is 7.11 Å². The molecule has 0 aromatic heterocycles. The number of hydrogen-bond acceptors (Lipinski definition) is 4. The minimum absolute atomic E-state index is 0.0274. The molecule has 1 aromatic carbocycles. The first kappa shape index (κ1) is 14.9. The average Bonchev–Trinajstić information content (AvgIpc) is 2.37. The lowest BCUT2D eigenvalue weighted by Gasteiger charge is -2.11. The van der Waals surface area contributed by atoms with Gasteiger partial charge in [-0.2, -0.15) is 5.26 Å². The normalized spacial score (nSPS) is 10.1. The van der Waals surface area contributed by atoms with Crippen molar-refractivity contribution in [3.05, 3.63) is 28.8 Å². The van der Waals surface area contributed by atoms with Crippen molar-refractivity contribution in [3.8, 4) is 11.8 Å². The summed E-state index contributed by atoms with van der Waals surface area (Å²) < 4.78 is 35.1. The topological polar surface area (TPSA) is 59.3 Å². The lowest BCUT2D eigenvalue weighted by molar-refractivity contribution is -0.142. The molecule has 102 valence electrons. The highest BCUT2D eigenvalue weighted by Gasteiger charge is 2.18. The lowest BCUT2D eigenvalue weighted by Crippen LogP contribution is -2.10. The van der Waals surface area contributed by atoms with Gasteiger partial charge < -0.3 is 9.47 Å². The summed E-state index contributed by atoms with van der Waals surface area (Å²) in [5.41, 5.74) is -0.0503. The lowest BCUT2D eigenvalue weighted by atomic mass is 10.0. The van der Waals surface area contributed by atoms with Crippen LogP contribution in [0.3, 0.4) is 0 Å². The highest BCUT2D eigenvalue weighted by molar-refractivity contribution is 5.74. The predicted molar refractivity (Wildman–Crippen MR) is 63.0 cm³/mol. The molecule has 19 heavy (non-hydrogen) atoms. The van der Waals surface area contributed by atoms with Crippen LogP contribution in [0.4, 0.5) is 8.78 Å². The summed E-state index contributed by atoms with van der Waals surface area (Å²) in [7, 11) is 1.28. The Labute approximate surface area is 109 Å². The molecule has 0 heterocycles. The standard InChI is InChI=1S/C13H13F2NO3/c1-3-19-12(17)6-8-4-9(13(14)15)5-11(18-2)10(8)7-16/h4-5,13H,3,6H2,1-2H3. The molecule has 0 radical (unpaired) electrons. The second kappa shape index (κ2) is 6.69. The third-order valence-corrected chi connectivity index (χ3v) is 2.43. The number of halogens is 2. The van der Waals surface area contributed by atoms with Crippen molar-refractivity contribution in [2.45, 2.75) is 19.8 Å². The first-order chi connectivity index (χ1) is 9.03. The molecule has 0 N–H and O–H groups in total. The van der Waals surface area contributed by atoms with Crippen molar-refractivity contribution < 1.29 is 23.0 Å². The smallest absolute Gasteiger partial charge is 0.310 e. The first-order valence-electron chi connectivity index (χ1n) is 5.58. The third-order valence-electron chi connectivity index (χ3n) is 2.43. The number of nitriles is 1. The number of methoxy groups -OCH3 is 1. The summed E-state index contributed by atoms with van der Waals surface area (Å²) >= 11 is 0. The van der Waals surface area contributed by atoms with Crippen LogP contribution < -0.4 is 4.74 Å². The summed E-state index contributed by atoms with van der Waals surface area (Å²) in [6, 6.07) is 4.07. The van der Waals surface area contributed by atoms with Gasteiger partial charge in [-0.15, -0.1) is 0 Å². The molecule has 1 aromatic rings. The van der Waals surface area contributed by atoms with Crippen LogP contribution in [0, 0.1) is 11.3 Å². The van der Waals surface area contributed by atoms with Crippen LogP contribution in [-0.2, 0) is 16.0 Å². The SMILES string of the molecule is CCOC(=O)Cc1cc(C(F)F)cc(OC)c1C#N. The number of alkyl halides is 2. The van der Waals surface area contributed by atoms with Gasteiger partial charge in [-0.05, 0) is 24.6 Å². The zero-order chi connectivity index (χ0) is 14.4. The second-order valence-corrected chi connectivity index (χ2v) is 3.65. The van der Waals surface area contributed by atoms with Crippen LogP contribution >= 0.6 is 0 Å². The maximum Gasteiger partial charge on any atom is 0.310 e. The second-order valence-electron chi connectivity index (χ2n) is 3.65. The van der Waals surface area contributed by atoms with E-state index in [1.807, 2.05) is 6.07 Å². The maximum absolute atomic E-state index is 12.7. The van der Waals surface area contributed by atoms with Gasteiger partial charge in [0.15, 0.2) is 0 Å². The molecule has 0 atom stereocenters. The Kier molecular flexibility index (Phi) is 5.24. The van der Waals surface area contributed by atoms with E-state index in [0.29, 0.717) is 0 Å². The van der Waals surface area contributed by atoms with Crippen molar-refractivity contribution in [1.82, 2.24) is 0 Å². The molecule has 0 saturated heterocycles. The molecule has 0 amide bonds. The Bertz CT molecular complexity index is 509. The van der Waals surface area contributed by atoms with Crippen molar-refractivity contribution in [2.24, 2.45) is 0 Å². The summed E-state index contributed by atoms with van der Waals surface area (Å²) in [6.07, 6.45) is -2.95. The van der Waals surface area contributed by atoms with E-state index < -0.39 is 12.4 Å². The van der Waals surface area contributed by atoms with Crippen LogP contribution in [0.1, 0.15) is 30.0 Å². The largest absolute Gasteiger partial charge is 0.495 e. The Balaban J connectivity index is 3.23. The Morgan fingerprint density at radius 2 is 2.16 bits per heavy atom. The van der Waals surface area contributed by atoms with Crippen LogP contribution in [-0.4, -0.2) is 19.7 Å². The number of hydrogen-bond donors (Lipinski definition) is 0. The molecule has 6 heteroatoms. The molecule has 0 fully saturated rings. The molecule has 0 aliphatic heterocycles. The van der Waals surface area contributed by atoms with Gasteiger partial charge in [0.2, 0.25) is 0 Å². The number of carbonyl (C=O) groups excluding carboxylic acids is 1. The minimum Gasteiger partial charge on any atom is -0.495 e. The van der Waals surface area contributed by atoms with Gasteiger partial charge in [0.05, 0.1) is 25.7 Å². The molecule has 4 nitrogen and oxygen atoms in total. The fourth-order valence-electron chi connectivity index (χ4n) is 1.62. The van der Waals surface area contributed by atoms with E-state index in [1.54, 1.807) is 6.92 Å². The summed E-state index contributed by atoms with van der Waals surface area (Å²) in [6.45, 7) is 1.83. The molecule has 0 aliphatic rings. The van der Waals surface area contributed by atoms with Crippen LogP contribution in [0.25, 0.3) is 0 Å². The molecule has 0 unspecified atom stereocenters. The van der Waals surface area contributed by atoms with E-state index in [0.717, 1.165) is 12.1 Å². The van der Waals surface area contributed by atoms with E-state index in [2.05, 4.69) is 0 Å². The number of rotatable bonds is 5. The van der Waals surface area contributed by atoms with Gasteiger partial charge >= 0.3 is 5.97 Å². The summed E-state index contributed by atoms with van der Waals surface area (Å²) in [5.74, 6) is -0.549. The average molecular weight is 269 g/mol. The number of nitrogens with zero attached hydrogens (tertiary/aromatic N) is 1. The first-order valence-corrected chi connectivity index (χ1v) is 5.58. The molecule has 1 rings (SSSR count). The molecule has 0 aliphatic carbocycles. The number of ether oxygens (including phenoxy) is 2. The van der Waals surface area contributed by atoms with Gasteiger partial charge in [-0.3, -0.25) is 4.79 Å². The quantitative estimate of drug-likeness (QED) is 0.771. The number of carbonyl (C=O) groups is 1. The molecular formula is C13H13F2NO3. The highest BCUT2D eigenvalue weighted by Crippen LogP contribution is 2.29. The fraction of sp³-hybridized carbons (Fsp3) is 0.385. The van der Waals surface area contributed by atoms with Crippen molar-refractivity contribution in [2.75, 3.05) is 13.7 Å². The highest BCUT2D eigenvalue weighted by atomic mass is 19.3. The van der Waals surface area contributed by atoms with E-state index in [9.17, 15) is 13.6 Å². The Morgan fingerprint density at radius 1 is 1.47 bits per heavy atom. The number of benzene rings is 1. The Morgan fingerprint density at radius 3 is 2.63 bits per heavy atom. The van der Waals surface area contributed by atoms with E-state index in [4.69, 9.17) is 14.7 Å². The minimum atomic E-state index is -2.71. The molecule has 0 spiro atoms. The van der Waals surface area contributed by atoms with Gasteiger partial charge in [-0.1, -0.05) is 0 Å². The van der Waals surface area contributed by atoms with Gasteiger partial charge in [-0.25, -0.2) is 8.78 Å². The predicted octanol–water partition coefficient (Wildman–Crippen LogP) is 2.61. The van der Waals surface area contributed by atoms with Crippen molar-refractivity contribution >= 4 is 5.97 Å². The van der Waals surface area contributed by atoms with E-state index in [-0.39, 0.29) is 35.5 Å². The maximum atomic E-state index is 12.7. The van der Waals surface area contributed by atoms with E-state index >= 15 is 0 Å². The molecular weight excluding hydrogens is 256 g/mol. The third kappa shape index (κ3) is 3.65. The van der Waals surface area contributed by atoms with Crippen molar-refractivity contribution in [1.29, 1.82) is 5.26 Å². The van der Waals surface area contributed by atoms with Gasteiger partial charge in [0.25, 0.3) is 6.43 Å². The van der Waals surface area contributed by atoms with Gasteiger partial charge in [0.1, 0.15) is 11.8 Å². The summed E-state index contributed by atoms with van der Waals surface area (Å²) in [4.78, 5) is 11.4. The van der Waals surface area contributed by atoms with Gasteiger partial charge in [0, 0.05) is 5.56 Å². The zero-order valence-corrected chi connectivity index (χ0v) is 10.6. The Hall–Kier alpha value is -2.16. The number of esters is 1. The summed E-state index contributed by atoms with van der Waals surface area (Å²) in [5, 5.41) is 9.03. The van der Waals surface area contributed by atoms with Crippen LogP contribution in [0.15, 0.2) is 12.1 Å². The van der Waals surface area contributed by atoms with Crippen LogP contribution in [0.2, 0.25) is 0 Å². The van der Waals surface area contributed by atoms with Crippen molar-refractivity contribution in [3.63, 3.8) is 0 Å². The zero-order valence-electron chi connectivity index (χ0n) is 10.6. The monoisotopic (exact) mass is 269 g/mol. The fourth-order valence-corrected chi connectivity index (χ4v) is 1.62. The molecule has 0 bridgehead atoms.